The number of nitrogens with one attached hydrogen (secondary N) is 1. The third-order valence-electron chi connectivity index (χ3n) is 5.84. The summed E-state index contributed by atoms with van der Waals surface area (Å²) in [6.07, 6.45) is 0.338. The summed E-state index contributed by atoms with van der Waals surface area (Å²) >= 11 is 1.51. The fraction of sp³-hybridized carbons (Fsp3) is 0.355. The van der Waals surface area contributed by atoms with Gasteiger partial charge in [0.1, 0.15) is 11.9 Å². The van der Waals surface area contributed by atoms with E-state index in [1.807, 2.05) is 51.1 Å². The number of carbonyl (C=O) groups excluding carboxylic acids is 2. The van der Waals surface area contributed by atoms with Crippen molar-refractivity contribution < 1.29 is 14.0 Å². The molecule has 1 unspecified atom stereocenters. The molecular formula is C31H37FN2O2S. The highest BCUT2D eigenvalue weighted by atomic mass is 32.2. The Kier molecular flexibility index (Phi) is 9.93. The minimum absolute atomic E-state index is 0.0185. The minimum atomic E-state index is -0.782. The molecule has 0 aliphatic rings. The topological polar surface area (TPSA) is 49.4 Å². The lowest BCUT2D eigenvalue weighted by Gasteiger charge is -2.34. The molecule has 0 aliphatic heterocycles. The molecule has 0 saturated heterocycles. The van der Waals surface area contributed by atoms with Gasteiger partial charge >= 0.3 is 0 Å². The summed E-state index contributed by atoms with van der Waals surface area (Å²) in [6, 6.07) is 21.6. The smallest absolute Gasteiger partial charge is 0.243 e. The van der Waals surface area contributed by atoms with Crippen molar-refractivity contribution in [1.29, 1.82) is 0 Å². The van der Waals surface area contributed by atoms with Crippen molar-refractivity contribution in [3.8, 4) is 0 Å². The second-order valence-corrected chi connectivity index (χ2v) is 11.5. The van der Waals surface area contributed by atoms with E-state index in [9.17, 15) is 14.0 Å². The third-order valence-corrected chi connectivity index (χ3v) is 6.83. The molecule has 0 saturated carbocycles. The number of amides is 2. The zero-order chi connectivity index (χ0) is 27.0. The lowest BCUT2D eigenvalue weighted by molar-refractivity contribution is -0.140. The second kappa shape index (κ2) is 12.9. The van der Waals surface area contributed by atoms with Gasteiger partial charge in [0.25, 0.3) is 0 Å². The molecule has 37 heavy (non-hydrogen) atoms. The van der Waals surface area contributed by atoms with Crippen molar-refractivity contribution in [1.82, 2.24) is 10.2 Å². The molecule has 0 heterocycles. The van der Waals surface area contributed by atoms with Crippen LogP contribution in [0.25, 0.3) is 0 Å². The highest BCUT2D eigenvalue weighted by molar-refractivity contribution is 7.99. The van der Waals surface area contributed by atoms with Crippen molar-refractivity contribution in [2.75, 3.05) is 5.75 Å². The van der Waals surface area contributed by atoms with E-state index < -0.39 is 17.4 Å². The summed E-state index contributed by atoms with van der Waals surface area (Å²) in [6.45, 7) is 9.87. The van der Waals surface area contributed by atoms with Crippen LogP contribution < -0.4 is 5.32 Å². The molecule has 0 fully saturated rings. The van der Waals surface area contributed by atoms with Gasteiger partial charge in [-0.05, 0) is 51.8 Å². The Morgan fingerprint density at radius 3 is 2.16 bits per heavy atom. The summed E-state index contributed by atoms with van der Waals surface area (Å²) in [5, 5.41) is 3.04. The van der Waals surface area contributed by atoms with Crippen molar-refractivity contribution in [2.45, 2.75) is 64.9 Å². The Hall–Kier alpha value is -3.12. The van der Waals surface area contributed by atoms with Gasteiger partial charge in [-0.3, -0.25) is 9.59 Å². The largest absolute Gasteiger partial charge is 0.350 e. The monoisotopic (exact) mass is 520 g/mol. The van der Waals surface area contributed by atoms with E-state index in [2.05, 4.69) is 37.4 Å². The van der Waals surface area contributed by atoms with Crippen LogP contribution in [0.1, 0.15) is 48.6 Å². The van der Waals surface area contributed by atoms with Crippen LogP contribution in [-0.2, 0) is 28.3 Å². The number of carbonyl (C=O) groups is 2. The van der Waals surface area contributed by atoms with Crippen LogP contribution in [-0.4, -0.2) is 34.0 Å². The standard InChI is InChI=1S/C31H37FN2O2S/c1-22-15-23(2)17-25(16-22)20-37-21-29(35)34(19-26-13-9-10-14-27(26)32)28(30(36)33-31(3,4)5)18-24-11-7-6-8-12-24/h6-17,28H,18-21H2,1-5H3,(H,33,36). The Bertz CT molecular complexity index is 1190. The van der Waals surface area contributed by atoms with Crippen molar-refractivity contribution in [2.24, 2.45) is 0 Å². The molecule has 0 spiro atoms. The number of hydrogen-bond acceptors (Lipinski definition) is 3. The molecule has 1 atom stereocenters. The number of rotatable bonds is 10. The van der Waals surface area contributed by atoms with E-state index in [0.717, 1.165) is 11.1 Å². The first-order chi connectivity index (χ1) is 17.5. The molecule has 0 radical (unpaired) electrons. The molecule has 4 nitrogen and oxygen atoms in total. The summed E-state index contributed by atoms with van der Waals surface area (Å²) in [4.78, 5) is 28.8. The number of benzene rings is 3. The maximum atomic E-state index is 14.7. The van der Waals surface area contributed by atoms with Crippen LogP contribution in [0.4, 0.5) is 4.39 Å². The molecule has 0 aromatic heterocycles. The first kappa shape index (κ1) is 28.5. The molecule has 6 heteroatoms. The summed E-state index contributed by atoms with van der Waals surface area (Å²) < 4.78 is 14.7. The summed E-state index contributed by atoms with van der Waals surface area (Å²) in [5.41, 5.74) is 4.37. The zero-order valence-electron chi connectivity index (χ0n) is 22.4. The van der Waals surface area contributed by atoms with E-state index in [1.165, 1.54) is 29.0 Å². The van der Waals surface area contributed by atoms with Crippen LogP contribution in [0.5, 0.6) is 0 Å². The van der Waals surface area contributed by atoms with Crippen LogP contribution in [0, 0.1) is 19.7 Å². The fourth-order valence-electron chi connectivity index (χ4n) is 4.31. The van der Waals surface area contributed by atoms with E-state index in [-0.39, 0.29) is 24.1 Å². The SMILES string of the molecule is Cc1cc(C)cc(CSCC(=O)N(Cc2ccccc2F)C(Cc2ccccc2)C(=O)NC(C)(C)C)c1. The Balaban J connectivity index is 1.88. The highest BCUT2D eigenvalue weighted by Gasteiger charge is 2.32. The Morgan fingerprint density at radius 2 is 1.54 bits per heavy atom. The van der Waals surface area contributed by atoms with E-state index in [1.54, 1.807) is 23.1 Å². The number of halogens is 1. The van der Waals surface area contributed by atoms with Gasteiger partial charge in [0.2, 0.25) is 11.8 Å². The maximum Gasteiger partial charge on any atom is 0.243 e. The van der Waals surface area contributed by atoms with Crippen LogP contribution in [0.3, 0.4) is 0 Å². The fourth-order valence-corrected chi connectivity index (χ4v) is 5.15. The number of hydrogen-bond donors (Lipinski definition) is 1. The molecule has 2 amide bonds. The molecule has 0 aliphatic carbocycles. The first-order valence-corrected chi connectivity index (χ1v) is 13.7. The van der Waals surface area contributed by atoms with Gasteiger partial charge < -0.3 is 10.2 Å². The number of nitrogens with zero attached hydrogens (tertiary/aromatic N) is 1. The predicted molar refractivity (Wildman–Crippen MR) is 151 cm³/mol. The van der Waals surface area contributed by atoms with Gasteiger partial charge in [0.15, 0.2) is 0 Å². The van der Waals surface area contributed by atoms with Gasteiger partial charge in [-0.2, -0.15) is 0 Å². The van der Waals surface area contributed by atoms with Crippen molar-refractivity contribution >= 4 is 23.6 Å². The number of thioether (sulfide) groups is 1. The number of aryl methyl sites for hydroxylation is 2. The molecule has 3 rings (SSSR count). The van der Waals surface area contributed by atoms with Gasteiger partial charge in [-0.15, -0.1) is 11.8 Å². The van der Waals surface area contributed by atoms with E-state index >= 15 is 0 Å². The molecule has 3 aromatic rings. The van der Waals surface area contributed by atoms with E-state index in [4.69, 9.17) is 0 Å². The average Bonchev–Trinajstić information content (AvgIpc) is 2.81. The zero-order valence-corrected chi connectivity index (χ0v) is 23.2. The van der Waals surface area contributed by atoms with Gasteiger partial charge in [-0.1, -0.05) is 77.9 Å². The van der Waals surface area contributed by atoms with Crippen molar-refractivity contribution in [3.05, 3.63) is 106 Å². The van der Waals surface area contributed by atoms with Crippen LogP contribution >= 0.6 is 11.8 Å². The molecular weight excluding hydrogens is 483 g/mol. The maximum absolute atomic E-state index is 14.7. The quantitative estimate of drug-likeness (QED) is 0.345. The van der Waals surface area contributed by atoms with Crippen molar-refractivity contribution in [3.63, 3.8) is 0 Å². The highest BCUT2D eigenvalue weighted by Crippen LogP contribution is 2.21. The lowest BCUT2D eigenvalue weighted by atomic mass is 10.0. The average molecular weight is 521 g/mol. The lowest BCUT2D eigenvalue weighted by Crippen LogP contribution is -2.54. The first-order valence-electron chi connectivity index (χ1n) is 12.6. The minimum Gasteiger partial charge on any atom is -0.350 e. The van der Waals surface area contributed by atoms with E-state index in [0.29, 0.717) is 17.7 Å². The predicted octanol–water partition coefficient (Wildman–Crippen LogP) is 6.23. The molecule has 196 valence electrons. The van der Waals surface area contributed by atoms with Gasteiger partial charge in [0.05, 0.1) is 5.75 Å². The second-order valence-electron chi connectivity index (χ2n) is 10.5. The van der Waals surface area contributed by atoms with Gasteiger partial charge in [-0.25, -0.2) is 4.39 Å². The Labute approximate surface area is 224 Å². The third kappa shape index (κ3) is 9.04. The Morgan fingerprint density at radius 1 is 0.919 bits per heavy atom. The summed E-state index contributed by atoms with van der Waals surface area (Å²) in [5.74, 6) is 0.0374. The molecule has 3 aromatic carbocycles. The summed E-state index contributed by atoms with van der Waals surface area (Å²) in [7, 11) is 0. The van der Waals surface area contributed by atoms with Crippen LogP contribution in [0.15, 0.2) is 72.8 Å². The molecule has 1 N–H and O–H groups in total. The molecule has 0 bridgehead atoms. The normalized spacial score (nSPS) is 12.2. The van der Waals surface area contributed by atoms with Crippen LogP contribution in [0.2, 0.25) is 0 Å². The van der Waals surface area contributed by atoms with Gasteiger partial charge in [0, 0.05) is 29.8 Å².